The van der Waals surface area contributed by atoms with E-state index in [4.69, 9.17) is 11.6 Å². The molecule has 25 heavy (non-hydrogen) atoms. The minimum atomic E-state index is -0.262. The van der Waals surface area contributed by atoms with E-state index in [9.17, 15) is 9.59 Å². The van der Waals surface area contributed by atoms with E-state index in [0.717, 1.165) is 5.56 Å². The lowest BCUT2D eigenvalue weighted by atomic mass is 10.1. The maximum atomic E-state index is 12.3. The molecule has 0 radical (unpaired) electrons. The van der Waals surface area contributed by atoms with Crippen LogP contribution in [0.15, 0.2) is 60.0 Å². The molecule has 3 aromatic rings. The van der Waals surface area contributed by atoms with Gasteiger partial charge in [-0.3, -0.25) is 9.59 Å². The molecule has 2 amide bonds. The van der Waals surface area contributed by atoms with Crippen molar-refractivity contribution in [1.82, 2.24) is 0 Å². The van der Waals surface area contributed by atoms with Crippen molar-refractivity contribution in [2.75, 3.05) is 10.6 Å². The van der Waals surface area contributed by atoms with E-state index < -0.39 is 0 Å². The van der Waals surface area contributed by atoms with Crippen molar-refractivity contribution < 1.29 is 9.59 Å². The Hall–Kier alpha value is -2.63. The van der Waals surface area contributed by atoms with Crippen molar-refractivity contribution in [3.05, 3.63) is 81.0 Å². The van der Waals surface area contributed by atoms with Gasteiger partial charge in [-0.15, -0.1) is 11.3 Å². The van der Waals surface area contributed by atoms with Crippen LogP contribution in [0.3, 0.4) is 0 Å². The first-order valence-electron chi connectivity index (χ1n) is 7.55. The molecule has 0 aliphatic rings. The molecule has 0 unspecified atom stereocenters. The summed E-state index contributed by atoms with van der Waals surface area (Å²) >= 11 is 7.50. The topological polar surface area (TPSA) is 58.2 Å². The van der Waals surface area contributed by atoms with Gasteiger partial charge < -0.3 is 10.6 Å². The van der Waals surface area contributed by atoms with E-state index in [-0.39, 0.29) is 11.8 Å². The zero-order chi connectivity index (χ0) is 17.8. The van der Waals surface area contributed by atoms with Gasteiger partial charge in [-0.1, -0.05) is 23.7 Å². The van der Waals surface area contributed by atoms with Gasteiger partial charge in [0.15, 0.2) is 0 Å². The molecular formula is C19H15ClN2O2S. The summed E-state index contributed by atoms with van der Waals surface area (Å²) in [6.45, 7) is 1.93. The molecule has 0 spiro atoms. The van der Waals surface area contributed by atoms with Gasteiger partial charge in [-0.25, -0.2) is 0 Å². The molecule has 0 aliphatic carbocycles. The summed E-state index contributed by atoms with van der Waals surface area (Å²) in [7, 11) is 0. The standard InChI is InChI=1S/C19H15ClN2O2S/c1-12-4-9-16(15(20)11-12)22-18(23)13-5-7-14(8-6-13)21-19(24)17-3-2-10-25-17/h2-11H,1H3,(H,21,24)(H,22,23). The quantitative estimate of drug-likeness (QED) is 0.661. The van der Waals surface area contributed by atoms with Crippen LogP contribution in [0.25, 0.3) is 0 Å². The Labute approximate surface area is 154 Å². The van der Waals surface area contributed by atoms with Gasteiger partial charge in [0, 0.05) is 11.3 Å². The molecule has 0 saturated heterocycles. The van der Waals surface area contributed by atoms with E-state index in [1.807, 2.05) is 24.4 Å². The Morgan fingerprint density at radius 2 is 1.72 bits per heavy atom. The lowest BCUT2D eigenvalue weighted by Crippen LogP contribution is -2.13. The number of hydrogen-bond donors (Lipinski definition) is 2. The third-order valence-electron chi connectivity index (χ3n) is 3.52. The molecule has 1 aromatic heterocycles. The van der Waals surface area contributed by atoms with Crippen molar-refractivity contribution in [2.45, 2.75) is 6.92 Å². The van der Waals surface area contributed by atoms with Crippen LogP contribution in [0.5, 0.6) is 0 Å². The van der Waals surface area contributed by atoms with Crippen molar-refractivity contribution in [3.63, 3.8) is 0 Å². The summed E-state index contributed by atoms with van der Waals surface area (Å²) in [4.78, 5) is 25.0. The first-order valence-corrected chi connectivity index (χ1v) is 8.81. The van der Waals surface area contributed by atoms with E-state index in [2.05, 4.69) is 10.6 Å². The van der Waals surface area contributed by atoms with Gasteiger partial charge in [0.05, 0.1) is 15.6 Å². The second-order valence-corrected chi connectivity index (χ2v) is 6.80. The van der Waals surface area contributed by atoms with Crippen LogP contribution < -0.4 is 10.6 Å². The minimum Gasteiger partial charge on any atom is -0.321 e. The summed E-state index contributed by atoms with van der Waals surface area (Å²) in [5.41, 5.74) is 2.69. The Morgan fingerprint density at radius 1 is 0.960 bits per heavy atom. The van der Waals surface area contributed by atoms with Crippen LogP contribution in [0.4, 0.5) is 11.4 Å². The number of anilines is 2. The molecule has 3 rings (SSSR count). The fourth-order valence-electron chi connectivity index (χ4n) is 2.22. The molecular weight excluding hydrogens is 356 g/mol. The lowest BCUT2D eigenvalue weighted by molar-refractivity contribution is 0.102. The molecule has 0 aliphatic heterocycles. The molecule has 4 nitrogen and oxygen atoms in total. The highest BCUT2D eigenvalue weighted by Crippen LogP contribution is 2.23. The summed E-state index contributed by atoms with van der Waals surface area (Å²) in [6.07, 6.45) is 0. The Bertz CT molecular complexity index is 906. The van der Waals surface area contributed by atoms with Crippen molar-refractivity contribution in [2.24, 2.45) is 0 Å². The molecule has 126 valence electrons. The van der Waals surface area contributed by atoms with E-state index in [1.54, 1.807) is 42.5 Å². The number of hydrogen-bond acceptors (Lipinski definition) is 3. The second kappa shape index (κ2) is 7.51. The molecule has 0 atom stereocenters. The average Bonchev–Trinajstić information content (AvgIpc) is 3.13. The monoisotopic (exact) mass is 370 g/mol. The van der Waals surface area contributed by atoms with Crippen LogP contribution in [0.1, 0.15) is 25.6 Å². The van der Waals surface area contributed by atoms with E-state index in [0.29, 0.717) is 26.8 Å². The Balaban J connectivity index is 1.67. The van der Waals surface area contributed by atoms with Crippen molar-refractivity contribution in [3.8, 4) is 0 Å². The van der Waals surface area contributed by atoms with Crippen LogP contribution in [-0.4, -0.2) is 11.8 Å². The highest BCUT2D eigenvalue weighted by molar-refractivity contribution is 7.12. The van der Waals surface area contributed by atoms with Gasteiger partial charge >= 0.3 is 0 Å². The third kappa shape index (κ3) is 4.26. The van der Waals surface area contributed by atoms with Gasteiger partial charge in [-0.2, -0.15) is 0 Å². The van der Waals surface area contributed by atoms with Gasteiger partial charge in [0.1, 0.15) is 0 Å². The maximum Gasteiger partial charge on any atom is 0.265 e. The molecule has 1 heterocycles. The number of carbonyl (C=O) groups excluding carboxylic acids is 2. The van der Waals surface area contributed by atoms with E-state index >= 15 is 0 Å². The van der Waals surface area contributed by atoms with Gasteiger partial charge in [0.25, 0.3) is 11.8 Å². The number of nitrogens with one attached hydrogen (secondary N) is 2. The van der Waals surface area contributed by atoms with Gasteiger partial charge in [0.2, 0.25) is 0 Å². The van der Waals surface area contributed by atoms with Gasteiger partial charge in [-0.05, 0) is 60.3 Å². The smallest absolute Gasteiger partial charge is 0.265 e. The van der Waals surface area contributed by atoms with Crippen LogP contribution >= 0.6 is 22.9 Å². The molecule has 0 bridgehead atoms. The second-order valence-electron chi connectivity index (χ2n) is 5.45. The molecule has 2 N–H and O–H groups in total. The molecule has 2 aromatic carbocycles. The Kier molecular flexibility index (Phi) is 5.16. The maximum absolute atomic E-state index is 12.3. The zero-order valence-corrected chi connectivity index (χ0v) is 14.9. The summed E-state index contributed by atoms with van der Waals surface area (Å²) in [5, 5.41) is 7.91. The van der Waals surface area contributed by atoms with Crippen molar-refractivity contribution in [1.29, 1.82) is 0 Å². The van der Waals surface area contributed by atoms with Crippen LogP contribution in [0.2, 0.25) is 5.02 Å². The number of aryl methyl sites for hydroxylation is 1. The lowest BCUT2D eigenvalue weighted by Gasteiger charge is -2.09. The molecule has 0 saturated carbocycles. The first-order chi connectivity index (χ1) is 12.0. The van der Waals surface area contributed by atoms with Crippen LogP contribution in [-0.2, 0) is 0 Å². The molecule has 6 heteroatoms. The van der Waals surface area contributed by atoms with Crippen molar-refractivity contribution >= 4 is 46.1 Å². The zero-order valence-electron chi connectivity index (χ0n) is 13.4. The SMILES string of the molecule is Cc1ccc(NC(=O)c2ccc(NC(=O)c3cccs3)cc2)c(Cl)c1. The number of rotatable bonds is 4. The highest BCUT2D eigenvalue weighted by atomic mass is 35.5. The normalized spacial score (nSPS) is 10.3. The third-order valence-corrected chi connectivity index (χ3v) is 4.70. The number of carbonyl (C=O) groups is 2. The predicted molar refractivity (Wildman–Crippen MR) is 103 cm³/mol. The largest absolute Gasteiger partial charge is 0.321 e. The van der Waals surface area contributed by atoms with Crippen LogP contribution in [0, 0.1) is 6.92 Å². The summed E-state index contributed by atoms with van der Waals surface area (Å²) in [5.74, 6) is -0.430. The number of amides is 2. The minimum absolute atomic E-state index is 0.168. The van der Waals surface area contributed by atoms with E-state index in [1.165, 1.54) is 11.3 Å². The Morgan fingerprint density at radius 3 is 2.36 bits per heavy atom. The summed E-state index contributed by atoms with van der Waals surface area (Å²) in [6, 6.07) is 15.7. The fourth-order valence-corrected chi connectivity index (χ4v) is 3.12. The predicted octanol–water partition coefficient (Wildman–Crippen LogP) is 5.21. The number of benzene rings is 2. The average molecular weight is 371 g/mol. The highest BCUT2D eigenvalue weighted by Gasteiger charge is 2.10. The first kappa shape index (κ1) is 17.2. The summed E-state index contributed by atoms with van der Waals surface area (Å²) < 4.78 is 0. The fraction of sp³-hybridized carbons (Fsp3) is 0.0526. The molecule has 0 fully saturated rings. The number of thiophene rings is 1. The number of halogens is 1.